The van der Waals surface area contributed by atoms with E-state index in [0.717, 1.165) is 0 Å². The first-order chi connectivity index (χ1) is 7.70. The smallest absolute Gasteiger partial charge is 0.266 e. The molecule has 78 valence electrons. The van der Waals surface area contributed by atoms with Crippen LogP contribution in [0.3, 0.4) is 0 Å². The fourth-order valence-electron chi connectivity index (χ4n) is 1.37. The highest BCUT2D eigenvalue weighted by atomic mass is 16.1. The Morgan fingerprint density at radius 2 is 2.31 bits per heavy atom. The Labute approximate surface area is 92.2 Å². The molecule has 0 aliphatic carbocycles. The summed E-state index contributed by atoms with van der Waals surface area (Å²) in [5, 5.41) is 8.76. The lowest BCUT2D eigenvalue weighted by molar-refractivity contribution is -0.118. The number of rotatable bonds is 1. The zero-order chi connectivity index (χ0) is 11.5. The van der Waals surface area contributed by atoms with Crippen LogP contribution in [-0.4, -0.2) is 22.1 Å². The van der Waals surface area contributed by atoms with Crippen molar-refractivity contribution in [3.05, 3.63) is 29.9 Å². The van der Waals surface area contributed by atoms with Crippen molar-refractivity contribution >= 4 is 17.7 Å². The van der Waals surface area contributed by atoms with Crippen molar-refractivity contribution in [1.29, 1.82) is 5.26 Å². The molecule has 0 N–H and O–H groups in total. The van der Waals surface area contributed by atoms with Gasteiger partial charge in [0.2, 0.25) is 0 Å². The molecule has 1 aliphatic heterocycles. The second kappa shape index (κ2) is 4.03. The Balaban J connectivity index is 2.40. The van der Waals surface area contributed by atoms with E-state index in [1.807, 2.05) is 6.07 Å². The average molecular weight is 212 g/mol. The summed E-state index contributed by atoms with van der Waals surface area (Å²) < 4.78 is 0. The van der Waals surface area contributed by atoms with Crippen molar-refractivity contribution in [2.45, 2.75) is 6.92 Å². The minimum Gasteiger partial charge on any atom is -0.271 e. The van der Waals surface area contributed by atoms with Gasteiger partial charge in [-0.2, -0.15) is 5.26 Å². The molecule has 0 fully saturated rings. The molecule has 0 saturated heterocycles. The molecule has 0 aromatic carbocycles. The second-order valence-corrected chi connectivity index (χ2v) is 3.31. The highest BCUT2D eigenvalue weighted by molar-refractivity contribution is 6.16. The van der Waals surface area contributed by atoms with Crippen LogP contribution in [0.5, 0.6) is 0 Å². The number of nitriles is 1. The van der Waals surface area contributed by atoms with Gasteiger partial charge in [-0.25, -0.2) is 15.0 Å². The van der Waals surface area contributed by atoms with Crippen LogP contribution >= 0.6 is 0 Å². The molecule has 1 aromatic heterocycles. The van der Waals surface area contributed by atoms with Crippen molar-refractivity contribution in [3.63, 3.8) is 0 Å². The lowest BCUT2D eigenvalue weighted by Crippen LogP contribution is -2.13. The third kappa shape index (κ3) is 1.86. The molecule has 5 heteroatoms. The van der Waals surface area contributed by atoms with Gasteiger partial charge in [0.05, 0.1) is 11.8 Å². The molecule has 0 radical (unpaired) electrons. The van der Waals surface area contributed by atoms with Crippen molar-refractivity contribution in [2.24, 2.45) is 10.9 Å². The first-order valence-electron chi connectivity index (χ1n) is 4.70. The normalized spacial score (nSPS) is 19.1. The summed E-state index contributed by atoms with van der Waals surface area (Å²) in [6.45, 7) is 1.77. The number of allylic oxidation sites excluding steroid dienone is 1. The number of carbonyl (C=O) groups excluding carboxylic acids is 1. The fraction of sp³-hybridized carbons (Fsp3) is 0.182. The predicted molar refractivity (Wildman–Crippen MR) is 57.3 cm³/mol. The van der Waals surface area contributed by atoms with Gasteiger partial charge in [0.1, 0.15) is 11.7 Å². The minimum absolute atomic E-state index is 0.433. The number of aliphatic imine (C=N–C) groups is 1. The second-order valence-electron chi connectivity index (χ2n) is 3.31. The van der Waals surface area contributed by atoms with E-state index in [9.17, 15) is 4.79 Å². The maximum Gasteiger partial charge on any atom is 0.266 e. The van der Waals surface area contributed by atoms with Crippen molar-refractivity contribution in [2.75, 3.05) is 0 Å². The topological polar surface area (TPSA) is 79.0 Å². The van der Waals surface area contributed by atoms with Gasteiger partial charge in [-0.05, 0) is 19.1 Å². The lowest BCUT2D eigenvalue weighted by Gasteiger charge is -2.08. The van der Waals surface area contributed by atoms with E-state index in [-0.39, 0.29) is 0 Å². The summed E-state index contributed by atoms with van der Waals surface area (Å²) in [6, 6.07) is 3.60. The average Bonchev–Trinajstić information content (AvgIpc) is 2.29. The van der Waals surface area contributed by atoms with Crippen LogP contribution in [0.25, 0.3) is 5.57 Å². The molecule has 1 unspecified atom stereocenters. The van der Waals surface area contributed by atoms with Gasteiger partial charge < -0.3 is 0 Å². The quantitative estimate of drug-likeness (QED) is 0.693. The molecule has 16 heavy (non-hydrogen) atoms. The van der Waals surface area contributed by atoms with Gasteiger partial charge >= 0.3 is 0 Å². The fourth-order valence-corrected chi connectivity index (χ4v) is 1.37. The minimum atomic E-state index is -0.810. The molecule has 0 spiro atoms. The zero-order valence-electron chi connectivity index (χ0n) is 8.58. The van der Waals surface area contributed by atoms with E-state index in [2.05, 4.69) is 15.0 Å². The van der Waals surface area contributed by atoms with Gasteiger partial charge in [0.15, 0.2) is 0 Å². The number of amides is 1. The number of aromatic nitrogens is 2. The summed E-state index contributed by atoms with van der Waals surface area (Å²) in [5.41, 5.74) is 1.35. The molecule has 1 aromatic rings. The molecule has 2 heterocycles. The monoisotopic (exact) mass is 212 g/mol. The standard InChI is InChI=1S/C11H8N4O/c1-7-13-3-2-10(15-7)9-4-8(5-12)11(16)14-6-9/h2-4,6,8H,1H3. The maximum absolute atomic E-state index is 11.2. The lowest BCUT2D eigenvalue weighted by atomic mass is 10.0. The van der Waals surface area contributed by atoms with E-state index >= 15 is 0 Å². The number of dihydropyridines is 1. The molecule has 1 atom stereocenters. The van der Waals surface area contributed by atoms with Crippen molar-refractivity contribution in [1.82, 2.24) is 9.97 Å². The SMILES string of the molecule is Cc1nccc(C2=CC(C#N)C(=O)N=C2)n1. The van der Waals surface area contributed by atoms with Crippen molar-refractivity contribution < 1.29 is 4.79 Å². The molecular weight excluding hydrogens is 204 g/mol. The van der Waals surface area contributed by atoms with E-state index in [4.69, 9.17) is 5.26 Å². The first-order valence-corrected chi connectivity index (χ1v) is 4.70. The van der Waals surface area contributed by atoms with Gasteiger partial charge in [-0.15, -0.1) is 0 Å². The van der Waals surface area contributed by atoms with E-state index in [1.54, 1.807) is 25.3 Å². The number of hydrogen-bond acceptors (Lipinski definition) is 4. The molecule has 1 amide bonds. The Morgan fingerprint density at radius 1 is 1.50 bits per heavy atom. The largest absolute Gasteiger partial charge is 0.271 e. The summed E-state index contributed by atoms with van der Waals surface area (Å²) in [7, 11) is 0. The highest BCUT2D eigenvalue weighted by Crippen LogP contribution is 2.17. The van der Waals surface area contributed by atoms with Gasteiger partial charge in [0, 0.05) is 18.0 Å². The predicted octanol–water partition coefficient (Wildman–Crippen LogP) is 0.919. The van der Waals surface area contributed by atoms with E-state index in [1.165, 1.54) is 6.21 Å². The third-order valence-corrected chi connectivity index (χ3v) is 2.15. The van der Waals surface area contributed by atoms with Gasteiger partial charge in [0.25, 0.3) is 5.91 Å². The summed E-state index contributed by atoms with van der Waals surface area (Å²) >= 11 is 0. The molecule has 5 nitrogen and oxygen atoms in total. The summed E-state index contributed by atoms with van der Waals surface area (Å²) in [5.74, 6) is -0.607. The Kier molecular flexibility index (Phi) is 2.56. The van der Waals surface area contributed by atoms with Gasteiger partial charge in [-0.3, -0.25) is 4.79 Å². The Bertz CT molecular complexity index is 539. The van der Waals surface area contributed by atoms with Crippen LogP contribution in [0.1, 0.15) is 11.5 Å². The number of hydrogen-bond donors (Lipinski definition) is 0. The first kappa shape index (κ1) is 10.2. The third-order valence-electron chi connectivity index (χ3n) is 2.15. The maximum atomic E-state index is 11.2. The van der Waals surface area contributed by atoms with Crippen LogP contribution in [0, 0.1) is 24.2 Å². The number of carbonyl (C=O) groups is 1. The molecule has 2 rings (SSSR count). The van der Waals surface area contributed by atoms with Crippen LogP contribution in [0.15, 0.2) is 23.3 Å². The number of aryl methyl sites for hydroxylation is 1. The van der Waals surface area contributed by atoms with E-state index in [0.29, 0.717) is 17.1 Å². The van der Waals surface area contributed by atoms with E-state index < -0.39 is 11.8 Å². The van der Waals surface area contributed by atoms with Gasteiger partial charge in [-0.1, -0.05) is 0 Å². The summed E-state index contributed by atoms with van der Waals surface area (Å²) in [4.78, 5) is 23.0. The highest BCUT2D eigenvalue weighted by Gasteiger charge is 2.19. The zero-order valence-corrected chi connectivity index (χ0v) is 8.58. The molecule has 0 saturated carbocycles. The molecular formula is C11H8N4O. The van der Waals surface area contributed by atoms with Crippen LogP contribution < -0.4 is 0 Å². The van der Waals surface area contributed by atoms with Crippen LogP contribution in [-0.2, 0) is 4.79 Å². The summed E-state index contributed by atoms with van der Waals surface area (Å²) in [6.07, 6.45) is 4.62. The Morgan fingerprint density at radius 3 is 3.00 bits per heavy atom. The molecule has 0 bridgehead atoms. The van der Waals surface area contributed by atoms with Crippen LogP contribution in [0.2, 0.25) is 0 Å². The number of nitrogens with zero attached hydrogens (tertiary/aromatic N) is 4. The van der Waals surface area contributed by atoms with Crippen LogP contribution in [0.4, 0.5) is 0 Å². The molecule has 1 aliphatic rings. The van der Waals surface area contributed by atoms with Crippen molar-refractivity contribution in [3.8, 4) is 6.07 Å². The Hall–Kier alpha value is -2.35.